The van der Waals surface area contributed by atoms with Crippen molar-refractivity contribution in [3.8, 4) is 0 Å². The minimum Gasteiger partial charge on any atom is -0.355 e. The Labute approximate surface area is 182 Å². The molecule has 0 bridgehead atoms. The second-order valence-corrected chi connectivity index (χ2v) is 9.99. The van der Waals surface area contributed by atoms with Crippen molar-refractivity contribution >= 4 is 39.0 Å². The summed E-state index contributed by atoms with van der Waals surface area (Å²) in [7, 11) is -1.99. The van der Waals surface area contributed by atoms with Gasteiger partial charge in [0.2, 0.25) is 15.9 Å². The lowest BCUT2D eigenvalue weighted by atomic mass is 9.96. The number of nitrogens with one attached hydrogen (secondary N) is 1. The van der Waals surface area contributed by atoms with Crippen molar-refractivity contribution < 1.29 is 13.2 Å². The lowest BCUT2D eigenvalue weighted by molar-refractivity contribution is -0.120. The number of anilines is 2. The number of hydrogen-bond donors (Lipinski definition) is 1. The highest BCUT2D eigenvalue weighted by Crippen LogP contribution is 2.24. The number of aromatic nitrogens is 2. The van der Waals surface area contributed by atoms with Gasteiger partial charge < -0.3 is 10.2 Å². The molecule has 0 spiro atoms. The molecule has 1 fully saturated rings. The predicted molar refractivity (Wildman–Crippen MR) is 117 cm³/mol. The first-order chi connectivity index (χ1) is 14.2. The van der Waals surface area contributed by atoms with Crippen molar-refractivity contribution in [1.82, 2.24) is 14.5 Å². The summed E-state index contributed by atoms with van der Waals surface area (Å²) in [5.74, 6) is 0.574. The van der Waals surface area contributed by atoms with E-state index >= 15 is 0 Å². The number of rotatable bonds is 6. The van der Waals surface area contributed by atoms with Crippen molar-refractivity contribution in [1.29, 1.82) is 0 Å². The van der Waals surface area contributed by atoms with Gasteiger partial charge in [-0.3, -0.25) is 4.79 Å². The number of amides is 1. The lowest BCUT2D eigenvalue weighted by Gasteiger charge is -2.31. The van der Waals surface area contributed by atoms with Crippen LogP contribution in [0.4, 0.5) is 11.5 Å². The van der Waals surface area contributed by atoms with E-state index in [0.29, 0.717) is 36.8 Å². The SMILES string of the molecule is CC(C)N(C)S(=O)(=O)c1ccc(NC(=O)C2CCN(c3ccc(Cl)nn3)CC2)cc1. The van der Waals surface area contributed by atoms with Crippen molar-refractivity contribution in [2.75, 3.05) is 30.4 Å². The molecule has 2 heterocycles. The second-order valence-electron chi connectivity index (χ2n) is 7.60. The predicted octanol–water partition coefficient (Wildman–Crippen LogP) is 3.01. The molecule has 8 nitrogen and oxygen atoms in total. The van der Waals surface area contributed by atoms with Crippen LogP contribution in [-0.4, -0.2) is 55.0 Å². The molecular weight excluding hydrogens is 426 g/mol. The number of piperidine rings is 1. The van der Waals surface area contributed by atoms with Gasteiger partial charge in [-0.2, -0.15) is 4.31 Å². The molecule has 0 saturated carbocycles. The maximum atomic E-state index is 12.6. The van der Waals surface area contributed by atoms with E-state index in [1.54, 1.807) is 25.2 Å². The first-order valence-corrected chi connectivity index (χ1v) is 11.6. The van der Waals surface area contributed by atoms with E-state index in [9.17, 15) is 13.2 Å². The van der Waals surface area contributed by atoms with Crippen molar-refractivity contribution in [3.63, 3.8) is 0 Å². The summed E-state index contributed by atoms with van der Waals surface area (Å²) in [6.07, 6.45) is 1.39. The molecule has 1 N–H and O–H groups in total. The summed E-state index contributed by atoms with van der Waals surface area (Å²) in [6.45, 7) is 5.04. The Morgan fingerprint density at radius 2 is 1.77 bits per heavy atom. The summed E-state index contributed by atoms with van der Waals surface area (Å²) >= 11 is 5.78. The number of sulfonamides is 1. The Balaban J connectivity index is 1.57. The molecule has 10 heteroatoms. The number of carbonyl (C=O) groups is 1. The molecular formula is C20H26ClN5O3S. The highest BCUT2D eigenvalue weighted by atomic mass is 35.5. The third kappa shape index (κ3) is 5.08. The highest BCUT2D eigenvalue weighted by molar-refractivity contribution is 7.89. The van der Waals surface area contributed by atoms with Gasteiger partial charge in [0.25, 0.3) is 0 Å². The van der Waals surface area contributed by atoms with Crippen LogP contribution in [0, 0.1) is 5.92 Å². The standard InChI is InChI=1S/C20H26ClN5O3S/c1-14(2)25(3)30(28,29)17-6-4-16(5-7-17)22-20(27)15-10-12-26(13-11-15)19-9-8-18(21)23-24-19/h4-9,14-15H,10-13H2,1-3H3,(H,22,27). The van der Waals surface area contributed by atoms with Crippen molar-refractivity contribution in [2.45, 2.75) is 37.6 Å². The summed E-state index contributed by atoms with van der Waals surface area (Å²) in [5.41, 5.74) is 0.581. The topological polar surface area (TPSA) is 95.5 Å². The Hall–Kier alpha value is -2.23. The fourth-order valence-electron chi connectivity index (χ4n) is 3.25. The van der Waals surface area contributed by atoms with Crippen LogP contribution in [-0.2, 0) is 14.8 Å². The Morgan fingerprint density at radius 3 is 2.30 bits per heavy atom. The van der Waals surface area contributed by atoms with Crippen LogP contribution in [0.1, 0.15) is 26.7 Å². The fraction of sp³-hybridized carbons (Fsp3) is 0.450. The summed E-state index contributed by atoms with van der Waals surface area (Å²) in [4.78, 5) is 14.9. The van der Waals surface area contributed by atoms with E-state index in [2.05, 4.69) is 20.4 Å². The van der Waals surface area contributed by atoms with E-state index in [0.717, 1.165) is 5.82 Å². The lowest BCUT2D eigenvalue weighted by Crippen LogP contribution is -2.38. The van der Waals surface area contributed by atoms with Gasteiger partial charge in [0.05, 0.1) is 4.90 Å². The quantitative estimate of drug-likeness (QED) is 0.725. The largest absolute Gasteiger partial charge is 0.355 e. The molecule has 1 aromatic carbocycles. The minimum absolute atomic E-state index is 0.0632. The molecule has 3 rings (SSSR count). The Bertz CT molecular complexity index is 973. The summed E-state index contributed by atoms with van der Waals surface area (Å²) < 4.78 is 26.4. The van der Waals surface area contributed by atoms with Gasteiger partial charge in [-0.05, 0) is 63.1 Å². The second kappa shape index (κ2) is 9.28. The molecule has 0 unspecified atom stereocenters. The molecule has 1 aliphatic rings. The monoisotopic (exact) mass is 451 g/mol. The van der Waals surface area contributed by atoms with E-state index in [1.807, 2.05) is 19.9 Å². The van der Waals surface area contributed by atoms with Crippen LogP contribution < -0.4 is 10.2 Å². The van der Waals surface area contributed by atoms with E-state index in [4.69, 9.17) is 11.6 Å². The van der Waals surface area contributed by atoms with E-state index in [1.165, 1.54) is 16.4 Å². The molecule has 2 aromatic rings. The summed E-state index contributed by atoms with van der Waals surface area (Å²) in [5, 5.41) is 11.2. The zero-order valence-electron chi connectivity index (χ0n) is 17.2. The number of halogens is 1. The smallest absolute Gasteiger partial charge is 0.243 e. The average molecular weight is 452 g/mol. The van der Waals surface area contributed by atoms with Crippen LogP contribution in [0.25, 0.3) is 0 Å². The summed E-state index contributed by atoms with van der Waals surface area (Å²) in [6, 6.07) is 9.67. The average Bonchev–Trinajstić information content (AvgIpc) is 2.74. The normalized spacial score (nSPS) is 15.6. The molecule has 1 amide bonds. The molecule has 1 saturated heterocycles. The van der Waals surface area contributed by atoms with E-state index in [-0.39, 0.29) is 22.8 Å². The van der Waals surface area contributed by atoms with E-state index < -0.39 is 10.0 Å². The maximum absolute atomic E-state index is 12.6. The van der Waals surface area contributed by atoms with Gasteiger partial charge in [-0.15, -0.1) is 10.2 Å². The molecule has 0 aliphatic carbocycles. The van der Waals surface area contributed by atoms with Crippen LogP contribution >= 0.6 is 11.6 Å². The Kier molecular flexibility index (Phi) is 6.95. The first-order valence-electron chi connectivity index (χ1n) is 9.81. The molecule has 1 aliphatic heterocycles. The molecule has 1 aromatic heterocycles. The molecule has 162 valence electrons. The maximum Gasteiger partial charge on any atom is 0.243 e. The van der Waals surface area contributed by atoms with Gasteiger partial charge in [-0.1, -0.05) is 11.6 Å². The number of carbonyl (C=O) groups excluding carboxylic acids is 1. The van der Waals surface area contributed by atoms with Gasteiger partial charge in [0.15, 0.2) is 11.0 Å². The highest BCUT2D eigenvalue weighted by Gasteiger charge is 2.26. The van der Waals surface area contributed by atoms with Crippen LogP contribution in [0.15, 0.2) is 41.3 Å². The van der Waals surface area contributed by atoms with Crippen LogP contribution in [0.3, 0.4) is 0 Å². The van der Waals surface area contributed by atoms with Crippen molar-refractivity contribution in [2.24, 2.45) is 5.92 Å². The third-order valence-corrected chi connectivity index (χ3v) is 7.58. The van der Waals surface area contributed by atoms with Crippen LogP contribution in [0.2, 0.25) is 5.15 Å². The number of benzene rings is 1. The molecule has 0 atom stereocenters. The Morgan fingerprint density at radius 1 is 1.13 bits per heavy atom. The molecule has 30 heavy (non-hydrogen) atoms. The number of hydrogen-bond acceptors (Lipinski definition) is 6. The van der Waals surface area contributed by atoms with Gasteiger partial charge >= 0.3 is 0 Å². The van der Waals surface area contributed by atoms with Crippen molar-refractivity contribution in [3.05, 3.63) is 41.6 Å². The van der Waals surface area contributed by atoms with Gasteiger partial charge in [0.1, 0.15) is 0 Å². The zero-order chi connectivity index (χ0) is 21.9. The number of nitrogens with zero attached hydrogens (tertiary/aromatic N) is 4. The van der Waals surface area contributed by atoms with Crippen LogP contribution in [0.5, 0.6) is 0 Å². The minimum atomic E-state index is -3.54. The fourth-order valence-corrected chi connectivity index (χ4v) is 4.72. The zero-order valence-corrected chi connectivity index (χ0v) is 18.8. The third-order valence-electron chi connectivity index (χ3n) is 5.33. The molecule has 0 radical (unpaired) electrons. The van der Waals surface area contributed by atoms with Gasteiger partial charge in [-0.25, -0.2) is 8.42 Å². The van der Waals surface area contributed by atoms with Gasteiger partial charge in [0, 0.05) is 37.8 Å². The first kappa shape index (κ1) is 22.5.